The average molecular weight is 263 g/mol. The molecule has 0 aliphatic carbocycles. The van der Waals surface area contributed by atoms with Crippen LogP contribution in [0.1, 0.15) is 56.3 Å². The lowest BCUT2D eigenvalue weighted by Gasteiger charge is -2.27. The van der Waals surface area contributed by atoms with Crippen LogP contribution in [0.3, 0.4) is 0 Å². The highest BCUT2D eigenvalue weighted by molar-refractivity contribution is 5.32. The molecule has 0 aliphatic rings. The standard InChI is InChI=1S/C17H29NO/c1-7-18-16(10-11-17(4,5)19-6)15-9-8-13(2)12-14(15)3/h8-9,12,16,18H,7,10-11H2,1-6H3. The van der Waals surface area contributed by atoms with E-state index < -0.39 is 0 Å². The molecule has 108 valence electrons. The molecule has 19 heavy (non-hydrogen) atoms. The fraction of sp³-hybridized carbons (Fsp3) is 0.647. The normalized spacial score (nSPS) is 13.6. The van der Waals surface area contributed by atoms with Crippen molar-refractivity contribution >= 4 is 0 Å². The molecule has 0 aliphatic heterocycles. The van der Waals surface area contributed by atoms with Crippen LogP contribution in [0.25, 0.3) is 0 Å². The van der Waals surface area contributed by atoms with Crippen molar-refractivity contribution < 1.29 is 4.74 Å². The van der Waals surface area contributed by atoms with Crippen LogP contribution < -0.4 is 5.32 Å². The van der Waals surface area contributed by atoms with Gasteiger partial charge in [-0.2, -0.15) is 0 Å². The van der Waals surface area contributed by atoms with E-state index in [1.54, 1.807) is 7.11 Å². The van der Waals surface area contributed by atoms with Gasteiger partial charge in [0.1, 0.15) is 0 Å². The Kier molecular flexibility index (Phi) is 6.02. The van der Waals surface area contributed by atoms with Crippen LogP contribution in [-0.4, -0.2) is 19.3 Å². The van der Waals surface area contributed by atoms with Crippen molar-refractivity contribution in [1.29, 1.82) is 0 Å². The Morgan fingerprint density at radius 3 is 2.47 bits per heavy atom. The van der Waals surface area contributed by atoms with Crippen LogP contribution in [0.5, 0.6) is 0 Å². The second kappa shape index (κ2) is 7.06. The van der Waals surface area contributed by atoms with Crippen molar-refractivity contribution in [3.8, 4) is 0 Å². The van der Waals surface area contributed by atoms with Gasteiger partial charge >= 0.3 is 0 Å². The van der Waals surface area contributed by atoms with Gasteiger partial charge in [0.25, 0.3) is 0 Å². The molecule has 1 atom stereocenters. The Morgan fingerprint density at radius 2 is 1.95 bits per heavy atom. The predicted molar refractivity (Wildman–Crippen MR) is 82.7 cm³/mol. The lowest BCUT2D eigenvalue weighted by atomic mass is 9.92. The smallest absolute Gasteiger partial charge is 0.0623 e. The molecule has 1 N–H and O–H groups in total. The first-order valence-electron chi connectivity index (χ1n) is 7.25. The van der Waals surface area contributed by atoms with Gasteiger partial charge in [-0.15, -0.1) is 0 Å². The largest absolute Gasteiger partial charge is 0.379 e. The lowest BCUT2D eigenvalue weighted by molar-refractivity contribution is 0.0117. The minimum Gasteiger partial charge on any atom is -0.379 e. The molecule has 1 rings (SSSR count). The van der Waals surface area contributed by atoms with Crippen LogP contribution >= 0.6 is 0 Å². The van der Waals surface area contributed by atoms with Crippen molar-refractivity contribution in [2.24, 2.45) is 0 Å². The minimum absolute atomic E-state index is 0.0493. The topological polar surface area (TPSA) is 21.3 Å². The van der Waals surface area contributed by atoms with Gasteiger partial charge < -0.3 is 10.1 Å². The van der Waals surface area contributed by atoms with E-state index in [0.717, 1.165) is 19.4 Å². The second-order valence-electron chi connectivity index (χ2n) is 5.97. The summed E-state index contributed by atoms with van der Waals surface area (Å²) in [5, 5.41) is 3.60. The van der Waals surface area contributed by atoms with Crippen LogP contribution in [-0.2, 0) is 4.74 Å². The molecule has 2 nitrogen and oxygen atoms in total. The van der Waals surface area contributed by atoms with Crippen LogP contribution in [0.15, 0.2) is 18.2 Å². The summed E-state index contributed by atoms with van der Waals surface area (Å²) in [5.41, 5.74) is 4.07. The molecule has 0 bridgehead atoms. The van der Waals surface area contributed by atoms with Crippen LogP contribution in [0, 0.1) is 13.8 Å². The van der Waals surface area contributed by atoms with Crippen molar-refractivity contribution in [3.63, 3.8) is 0 Å². The van der Waals surface area contributed by atoms with E-state index >= 15 is 0 Å². The van der Waals surface area contributed by atoms with Gasteiger partial charge in [0, 0.05) is 13.2 Å². The molecule has 0 aromatic heterocycles. The fourth-order valence-electron chi connectivity index (χ4n) is 2.42. The Hall–Kier alpha value is -0.860. The van der Waals surface area contributed by atoms with Crippen molar-refractivity contribution in [2.75, 3.05) is 13.7 Å². The van der Waals surface area contributed by atoms with Crippen molar-refractivity contribution in [2.45, 2.75) is 59.1 Å². The van der Waals surface area contributed by atoms with E-state index in [4.69, 9.17) is 4.74 Å². The first-order chi connectivity index (χ1) is 8.89. The highest BCUT2D eigenvalue weighted by atomic mass is 16.5. The summed E-state index contributed by atoms with van der Waals surface area (Å²) in [6, 6.07) is 7.15. The zero-order valence-electron chi connectivity index (χ0n) is 13.3. The van der Waals surface area contributed by atoms with E-state index in [2.05, 4.69) is 58.1 Å². The molecule has 0 amide bonds. The fourth-order valence-corrected chi connectivity index (χ4v) is 2.42. The molecule has 2 heteroatoms. The molecule has 1 aromatic carbocycles. The molecule has 0 saturated heterocycles. The number of hydrogen-bond acceptors (Lipinski definition) is 2. The van der Waals surface area contributed by atoms with Crippen LogP contribution in [0.4, 0.5) is 0 Å². The third-order valence-electron chi connectivity index (χ3n) is 3.84. The lowest BCUT2D eigenvalue weighted by Crippen LogP contribution is -2.27. The maximum absolute atomic E-state index is 5.52. The maximum atomic E-state index is 5.52. The summed E-state index contributed by atoms with van der Waals surface area (Å²) in [5.74, 6) is 0. The molecular weight excluding hydrogens is 234 g/mol. The maximum Gasteiger partial charge on any atom is 0.0623 e. The number of benzene rings is 1. The van der Waals surface area contributed by atoms with E-state index in [0.29, 0.717) is 6.04 Å². The van der Waals surface area contributed by atoms with Gasteiger partial charge in [0.15, 0.2) is 0 Å². The summed E-state index contributed by atoms with van der Waals surface area (Å²) in [6.07, 6.45) is 2.15. The summed E-state index contributed by atoms with van der Waals surface area (Å²) in [7, 11) is 1.79. The van der Waals surface area contributed by atoms with Crippen molar-refractivity contribution in [3.05, 3.63) is 34.9 Å². The van der Waals surface area contributed by atoms with Gasteiger partial charge in [0.2, 0.25) is 0 Å². The Bertz CT molecular complexity index is 398. The van der Waals surface area contributed by atoms with Crippen molar-refractivity contribution in [1.82, 2.24) is 5.32 Å². The summed E-state index contributed by atoms with van der Waals surface area (Å²) in [4.78, 5) is 0. The summed E-state index contributed by atoms with van der Waals surface area (Å²) in [6.45, 7) is 11.8. The highest BCUT2D eigenvalue weighted by Crippen LogP contribution is 2.27. The van der Waals surface area contributed by atoms with Gasteiger partial charge in [-0.05, 0) is 58.2 Å². The van der Waals surface area contributed by atoms with E-state index in [9.17, 15) is 0 Å². The molecule has 0 fully saturated rings. The molecule has 1 aromatic rings. The van der Waals surface area contributed by atoms with E-state index in [1.165, 1.54) is 16.7 Å². The molecule has 0 spiro atoms. The van der Waals surface area contributed by atoms with E-state index in [-0.39, 0.29) is 5.60 Å². The number of hydrogen-bond donors (Lipinski definition) is 1. The SMILES string of the molecule is CCNC(CCC(C)(C)OC)c1ccc(C)cc1C. The molecule has 0 heterocycles. The first-order valence-corrected chi connectivity index (χ1v) is 7.25. The Morgan fingerprint density at radius 1 is 1.26 bits per heavy atom. The molecular formula is C17H29NO. The average Bonchev–Trinajstić information content (AvgIpc) is 2.35. The summed E-state index contributed by atoms with van der Waals surface area (Å²) < 4.78 is 5.52. The highest BCUT2D eigenvalue weighted by Gasteiger charge is 2.20. The number of ether oxygens (including phenoxy) is 1. The molecule has 1 unspecified atom stereocenters. The quantitative estimate of drug-likeness (QED) is 0.797. The second-order valence-corrected chi connectivity index (χ2v) is 5.97. The monoisotopic (exact) mass is 263 g/mol. The van der Waals surface area contributed by atoms with E-state index in [1.807, 2.05) is 0 Å². The minimum atomic E-state index is -0.0493. The van der Waals surface area contributed by atoms with Crippen LogP contribution in [0.2, 0.25) is 0 Å². The Labute approximate surface area is 118 Å². The molecule has 0 radical (unpaired) electrons. The first kappa shape index (κ1) is 16.2. The number of aryl methyl sites for hydroxylation is 2. The van der Waals surface area contributed by atoms with Gasteiger partial charge in [0.05, 0.1) is 5.60 Å². The van der Waals surface area contributed by atoms with Gasteiger partial charge in [-0.3, -0.25) is 0 Å². The zero-order chi connectivity index (χ0) is 14.5. The molecule has 0 saturated carbocycles. The Balaban J connectivity index is 2.82. The summed E-state index contributed by atoms with van der Waals surface area (Å²) >= 11 is 0. The van der Waals surface area contributed by atoms with Gasteiger partial charge in [-0.1, -0.05) is 30.7 Å². The number of nitrogens with one attached hydrogen (secondary N) is 1. The number of methoxy groups -OCH3 is 1. The number of rotatable bonds is 7. The third-order valence-corrected chi connectivity index (χ3v) is 3.84. The predicted octanol–water partition coefficient (Wildman–Crippen LogP) is 4.16. The van der Waals surface area contributed by atoms with Gasteiger partial charge in [-0.25, -0.2) is 0 Å². The zero-order valence-corrected chi connectivity index (χ0v) is 13.3. The third kappa shape index (κ3) is 4.96.